The van der Waals surface area contributed by atoms with Crippen molar-refractivity contribution in [3.8, 4) is 0 Å². The SMILES string of the molecule is CN(CC1(O)CCCC1)C(=O)CCC1CCCC1. The lowest BCUT2D eigenvalue weighted by molar-refractivity contribution is -0.133. The van der Waals surface area contributed by atoms with E-state index < -0.39 is 5.60 Å². The number of hydrogen-bond donors (Lipinski definition) is 1. The van der Waals surface area contributed by atoms with Crippen LogP contribution in [0.15, 0.2) is 0 Å². The number of carbonyl (C=O) groups excluding carboxylic acids is 1. The Hall–Kier alpha value is -0.570. The maximum Gasteiger partial charge on any atom is 0.222 e. The van der Waals surface area contributed by atoms with Crippen LogP contribution in [0.3, 0.4) is 0 Å². The van der Waals surface area contributed by atoms with Crippen molar-refractivity contribution in [1.29, 1.82) is 0 Å². The van der Waals surface area contributed by atoms with E-state index in [1.807, 2.05) is 7.05 Å². The number of likely N-dealkylation sites (N-methyl/N-ethyl adjacent to an activating group) is 1. The van der Waals surface area contributed by atoms with Crippen LogP contribution in [0.5, 0.6) is 0 Å². The lowest BCUT2D eigenvalue weighted by atomic mass is 10.00. The third-order valence-electron chi connectivity index (χ3n) is 4.73. The second-order valence-corrected chi connectivity index (χ2v) is 6.37. The van der Waals surface area contributed by atoms with Gasteiger partial charge in [0.2, 0.25) is 5.91 Å². The van der Waals surface area contributed by atoms with E-state index >= 15 is 0 Å². The van der Waals surface area contributed by atoms with Crippen molar-refractivity contribution in [2.45, 2.75) is 69.8 Å². The van der Waals surface area contributed by atoms with Crippen molar-refractivity contribution in [3.05, 3.63) is 0 Å². The number of amides is 1. The van der Waals surface area contributed by atoms with E-state index in [0.29, 0.717) is 13.0 Å². The molecule has 3 heteroatoms. The molecule has 104 valence electrons. The fraction of sp³-hybridized carbons (Fsp3) is 0.933. The van der Waals surface area contributed by atoms with Crippen molar-refractivity contribution in [3.63, 3.8) is 0 Å². The van der Waals surface area contributed by atoms with Gasteiger partial charge in [-0.15, -0.1) is 0 Å². The minimum absolute atomic E-state index is 0.210. The highest BCUT2D eigenvalue weighted by molar-refractivity contribution is 5.75. The monoisotopic (exact) mass is 253 g/mol. The summed E-state index contributed by atoms with van der Waals surface area (Å²) < 4.78 is 0. The summed E-state index contributed by atoms with van der Waals surface area (Å²) in [5.74, 6) is 0.985. The summed E-state index contributed by atoms with van der Waals surface area (Å²) in [5.41, 5.74) is -0.599. The largest absolute Gasteiger partial charge is 0.388 e. The molecule has 2 aliphatic rings. The molecule has 2 fully saturated rings. The van der Waals surface area contributed by atoms with Gasteiger partial charge in [-0.25, -0.2) is 0 Å². The molecule has 0 aromatic carbocycles. The quantitative estimate of drug-likeness (QED) is 0.818. The van der Waals surface area contributed by atoms with Gasteiger partial charge in [-0.2, -0.15) is 0 Å². The molecule has 0 heterocycles. The minimum atomic E-state index is -0.599. The Kier molecular flexibility index (Phi) is 4.66. The standard InChI is InChI=1S/C15H27NO2/c1-16(12-15(18)10-4-5-11-15)14(17)9-8-13-6-2-3-7-13/h13,18H,2-12H2,1H3. The number of carbonyl (C=O) groups is 1. The zero-order chi connectivity index (χ0) is 13.0. The molecule has 3 nitrogen and oxygen atoms in total. The van der Waals surface area contributed by atoms with Crippen molar-refractivity contribution in [2.24, 2.45) is 5.92 Å². The molecule has 2 saturated carbocycles. The highest BCUT2D eigenvalue weighted by Crippen LogP contribution is 2.31. The van der Waals surface area contributed by atoms with Gasteiger partial charge in [-0.05, 0) is 25.2 Å². The first-order valence-electron chi connectivity index (χ1n) is 7.55. The molecular formula is C15H27NO2. The molecule has 2 rings (SSSR count). The Bertz CT molecular complexity index is 278. The van der Waals surface area contributed by atoms with Gasteiger partial charge in [0.15, 0.2) is 0 Å². The Morgan fingerprint density at radius 2 is 1.83 bits per heavy atom. The molecule has 0 unspecified atom stereocenters. The van der Waals surface area contributed by atoms with Gasteiger partial charge >= 0.3 is 0 Å². The highest BCUT2D eigenvalue weighted by atomic mass is 16.3. The fourth-order valence-electron chi connectivity index (χ4n) is 3.54. The molecule has 0 aliphatic heterocycles. The van der Waals surface area contributed by atoms with Crippen LogP contribution in [0.4, 0.5) is 0 Å². The van der Waals surface area contributed by atoms with Crippen LogP contribution >= 0.6 is 0 Å². The van der Waals surface area contributed by atoms with Crippen LogP contribution in [-0.4, -0.2) is 35.1 Å². The van der Waals surface area contributed by atoms with Crippen LogP contribution < -0.4 is 0 Å². The summed E-state index contributed by atoms with van der Waals surface area (Å²) in [4.78, 5) is 13.8. The maximum absolute atomic E-state index is 12.0. The summed E-state index contributed by atoms with van der Waals surface area (Å²) in [6, 6.07) is 0. The predicted molar refractivity (Wildman–Crippen MR) is 72.2 cm³/mol. The zero-order valence-electron chi connectivity index (χ0n) is 11.7. The number of nitrogens with zero attached hydrogens (tertiary/aromatic N) is 1. The molecule has 1 N–H and O–H groups in total. The first-order valence-corrected chi connectivity index (χ1v) is 7.55. The number of aliphatic hydroxyl groups is 1. The van der Waals surface area contributed by atoms with Crippen LogP contribution in [0, 0.1) is 5.92 Å². The Labute approximate surface area is 111 Å². The van der Waals surface area contributed by atoms with Crippen molar-refractivity contribution in [2.75, 3.05) is 13.6 Å². The number of rotatable bonds is 5. The van der Waals surface area contributed by atoms with Crippen molar-refractivity contribution < 1.29 is 9.90 Å². The smallest absolute Gasteiger partial charge is 0.222 e. The van der Waals surface area contributed by atoms with Gasteiger partial charge in [0, 0.05) is 20.0 Å². The van der Waals surface area contributed by atoms with Gasteiger partial charge in [-0.3, -0.25) is 4.79 Å². The van der Waals surface area contributed by atoms with Gasteiger partial charge in [0.25, 0.3) is 0 Å². The summed E-state index contributed by atoms with van der Waals surface area (Å²) >= 11 is 0. The molecule has 18 heavy (non-hydrogen) atoms. The second kappa shape index (κ2) is 6.05. The summed E-state index contributed by atoms with van der Waals surface area (Å²) in [6.07, 6.45) is 10.9. The molecule has 0 bridgehead atoms. The molecule has 0 aromatic heterocycles. The third-order valence-corrected chi connectivity index (χ3v) is 4.73. The van der Waals surface area contributed by atoms with E-state index in [1.54, 1.807) is 4.90 Å². The number of hydrogen-bond acceptors (Lipinski definition) is 2. The van der Waals surface area contributed by atoms with Gasteiger partial charge in [0.1, 0.15) is 0 Å². The van der Waals surface area contributed by atoms with E-state index in [4.69, 9.17) is 0 Å². The lowest BCUT2D eigenvalue weighted by Gasteiger charge is -2.29. The molecule has 0 saturated heterocycles. The van der Waals surface area contributed by atoms with Crippen LogP contribution in [-0.2, 0) is 4.79 Å². The fourth-order valence-corrected chi connectivity index (χ4v) is 3.54. The maximum atomic E-state index is 12.0. The highest BCUT2D eigenvalue weighted by Gasteiger charge is 2.33. The normalized spacial score (nSPS) is 23.4. The van der Waals surface area contributed by atoms with Crippen LogP contribution in [0.25, 0.3) is 0 Å². The summed E-state index contributed by atoms with van der Waals surface area (Å²) in [5, 5.41) is 10.3. The van der Waals surface area contributed by atoms with E-state index in [9.17, 15) is 9.90 Å². The van der Waals surface area contributed by atoms with Crippen molar-refractivity contribution >= 4 is 5.91 Å². The van der Waals surface area contributed by atoms with E-state index in [1.165, 1.54) is 25.7 Å². The molecule has 0 atom stereocenters. The van der Waals surface area contributed by atoms with Gasteiger partial charge in [0.05, 0.1) is 5.60 Å². The van der Waals surface area contributed by atoms with E-state index in [0.717, 1.165) is 38.0 Å². The van der Waals surface area contributed by atoms with Gasteiger partial charge in [-0.1, -0.05) is 38.5 Å². The van der Waals surface area contributed by atoms with E-state index in [-0.39, 0.29) is 5.91 Å². The summed E-state index contributed by atoms with van der Waals surface area (Å²) in [7, 11) is 1.84. The second-order valence-electron chi connectivity index (χ2n) is 6.37. The first kappa shape index (κ1) is 13.9. The first-order chi connectivity index (χ1) is 8.59. The minimum Gasteiger partial charge on any atom is -0.388 e. The lowest BCUT2D eigenvalue weighted by Crippen LogP contribution is -2.42. The van der Waals surface area contributed by atoms with Crippen molar-refractivity contribution in [1.82, 2.24) is 4.90 Å². The Balaban J connectivity index is 1.70. The predicted octanol–water partition coefficient (Wildman–Crippen LogP) is 2.72. The Morgan fingerprint density at radius 3 is 2.44 bits per heavy atom. The average Bonchev–Trinajstić information content (AvgIpc) is 2.97. The topological polar surface area (TPSA) is 40.5 Å². The summed E-state index contributed by atoms with van der Waals surface area (Å²) in [6.45, 7) is 0.524. The van der Waals surface area contributed by atoms with Crippen LogP contribution in [0.1, 0.15) is 64.2 Å². The average molecular weight is 253 g/mol. The zero-order valence-corrected chi connectivity index (χ0v) is 11.7. The van der Waals surface area contributed by atoms with Crippen LogP contribution in [0.2, 0.25) is 0 Å². The molecule has 0 aromatic rings. The molecule has 2 aliphatic carbocycles. The third kappa shape index (κ3) is 3.71. The molecule has 1 amide bonds. The van der Waals surface area contributed by atoms with Gasteiger partial charge < -0.3 is 10.0 Å². The van der Waals surface area contributed by atoms with E-state index in [2.05, 4.69) is 0 Å². The molecule has 0 spiro atoms. The Morgan fingerprint density at radius 1 is 1.22 bits per heavy atom. The molecule has 0 radical (unpaired) electrons. The molecular weight excluding hydrogens is 226 g/mol.